The van der Waals surface area contributed by atoms with E-state index in [0.29, 0.717) is 5.69 Å². The molecular weight excluding hydrogens is 256 g/mol. The molecule has 0 aliphatic carbocycles. The minimum absolute atomic E-state index is 0.367. The molecule has 0 bridgehead atoms. The zero-order valence-corrected chi connectivity index (χ0v) is 12.7. The van der Waals surface area contributed by atoms with Crippen molar-refractivity contribution in [2.75, 3.05) is 7.11 Å². The fourth-order valence-corrected chi connectivity index (χ4v) is 3.42. The number of hydrogen-bond donors (Lipinski definition) is 1. The molecule has 1 N–H and O–H groups in total. The van der Waals surface area contributed by atoms with Gasteiger partial charge >= 0.3 is 5.97 Å². The number of carbonyl (C=O) groups is 1. The van der Waals surface area contributed by atoms with Gasteiger partial charge in [0.1, 0.15) is 8.07 Å². The Kier molecular flexibility index (Phi) is 3.57. The summed E-state index contributed by atoms with van der Waals surface area (Å²) in [5, 5.41) is 8.27. The highest BCUT2D eigenvalue weighted by Gasteiger charge is 2.29. The number of aromatic nitrogens is 2. The van der Waals surface area contributed by atoms with Crippen molar-refractivity contribution >= 4 is 19.4 Å². The van der Waals surface area contributed by atoms with Crippen LogP contribution in [0.2, 0.25) is 19.6 Å². The van der Waals surface area contributed by atoms with E-state index in [1.54, 1.807) is 0 Å². The van der Waals surface area contributed by atoms with Crippen molar-refractivity contribution in [3.63, 3.8) is 0 Å². The van der Waals surface area contributed by atoms with Crippen LogP contribution in [-0.4, -0.2) is 31.4 Å². The lowest BCUT2D eigenvalue weighted by atomic mass is 10.1. The number of nitrogens with one attached hydrogen (secondary N) is 1. The van der Waals surface area contributed by atoms with Crippen LogP contribution in [0.3, 0.4) is 0 Å². The molecule has 0 atom stereocenters. The van der Waals surface area contributed by atoms with Crippen LogP contribution >= 0.6 is 0 Å². The lowest BCUT2D eigenvalue weighted by Gasteiger charge is -2.16. The molecule has 0 fully saturated rings. The lowest BCUT2D eigenvalue weighted by molar-refractivity contribution is 0.0595. The van der Waals surface area contributed by atoms with Gasteiger partial charge in [-0.15, -0.1) is 0 Å². The first kappa shape index (κ1) is 13.5. The number of carbonyl (C=O) groups excluding carboxylic acids is 1. The van der Waals surface area contributed by atoms with E-state index in [4.69, 9.17) is 4.74 Å². The van der Waals surface area contributed by atoms with E-state index < -0.39 is 14.0 Å². The van der Waals surface area contributed by atoms with Crippen LogP contribution in [0, 0.1) is 0 Å². The minimum Gasteiger partial charge on any atom is -0.464 e. The molecule has 2 aromatic rings. The zero-order chi connectivity index (χ0) is 14.0. The summed E-state index contributed by atoms with van der Waals surface area (Å²) >= 11 is 0. The third kappa shape index (κ3) is 2.60. The summed E-state index contributed by atoms with van der Waals surface area (Å²) < 4.78 is 4.82. The zero-order valence-electron chi connectivity index (χ0n) is 11.7. The fourth-order valence-electron chi connectivity index (χ4n) is 2.01. The second-order valence-electron chi connectivity index (χ2n) is 5.43. The molecule has 0 radical (unpaired) electrons. The normalized spacial score (nSPS) is 11.4. The van der Waals surface area contributed by atoms with E-state index in [1.807, 2.05) is 30.3 Å². The predicted molar refractivity (Wildman–Crippen MR) is 78.3 cm³/mol. The largest absolute Gasteiger partial charge is 0.464 e. The molecule has 0 amide bonds. The van der Waals surface area contributed by atoms with Crippen LogP contribution in [0.15, 0.2) is 30.3 Å². The Morgan fingerprint density at radius 1 is 1.21 bits per heavy atom. The Hall–Kier alpha value is -1.88. The van der Waals surface area contributed by atoms with Crippen LogP contribution in [0.5, 0.6) is 0 Å². The van der Waals surface area contributed by atoms with E-state index in [9.17, 15) is 4.79 Å². The molecule has 1 aromatic heterocycles. The van der Waals surface area contributed by atoms with Crippen molar-refractivity contribution in [1.82, 2.24) is 10.2 Å². The molecule has 1 aromatic carbocycles. The minimum atomic E-state index is -1.62. The second kappa shape index (κ2) is 5.01. The highest BCUT2D eigenvalue weighted by molar-refractivity contribution is 6.89. The van der Waals surface area contributed by atoms with Gasteiger partial charge in [-0.05, 0) is 5.56 Å². The van der Waals surface area contributed by atoms with Gasteiger partial charge in [0, 0.05) is 10.9 Å². The number of H-pyrrole nitrogens is 1. The van der Waals surface area contributed by atoms with Gasteiger partial charge in [-0.2, -0.15) is 5.10 Å². The quantitative estimate of drug-likeness (QED) is 0.691. The first-order valence-electron chi connectivity index (χ1n) is 6.17. The first-order valence-corrected chi connectivity index (χ1v) is 9.67. The van der Waals surface area contributed by atoms with Gasteiger partial charge in [0.15, 0.2) is 5.69 Å². The Balaban J connectivity index is 2.67. The molecule has 0 unspecified atom stereocenters. The third-order valence-electron chi connectivity index (χ3n) is 2.96. The average molecular weight is 274 g/mol. The molecular formula is C14H18N2O2Si. The number of esters is 1. The molecule has 0 spiro atoms. The van der Waals surface area contributed by atoms with Gasteiger partial charge in [-0.25, -0.2) is 4.79 Å². The van der Waals surface area contributed by atoms with E-state index >= 15 is 0 Å². The molecule has 0 saturated carbocycles. The standard InChI is InChI=1S/C14H18N2O2Si/c1-18-14(17)12-11(10-8-6-5-7-9-10)13(16-15-12)19(2,3)4/h5-9H,1-4H3,(H,15,16). The SMILES string of the molecule is COC(=O)c1n[nH]c([Si](C)(C)C)c1-c1ccccc1. The van der Waals surface area contributed by atoms with Crippen LogP contribution in [-0.2, 0) is 4.74 Å². The first-order chi connectivity index (χ1) is 8.95. The van der Waals surface area contributed by atoms with Crippen molar-refractivity contribution in [2.45, 2.75) is 19.6 Å². The number of methoxy groups -OCH3 is 1. The van der Waals surface area contributed by atoms with Crippen molar-refractivity contribution in [3.05, 3.63) is 36.0 Å². The van der Waals surface area contributed by atoms with E-state index in [1.165, 1.54) is 7.11 Å². The lowest BCUT2D eigenvalue weighted by Crippen LogP contribution is -2.40. The number of ether oxygens (including phenoxy) is 1. The van der Waals surface area contributed by atoms with Crippen LogP contribution in [0.25, 0.3) is 11.1 Å². The van der Waals surface area contributed by atoms with E-state index in [0.717, 1.165) is 16.4 Å². The number of rotatable bonds is 3. The molecule has 1 heterocycles. The molecule has 0 aliphatic heterocycles. The summed E-state index contributed by atoms with van der Waals surface area (Å²) in [6.45, 7) is 6.65. The smallest absolute Gasteiger partial charge is 0.359 e. The number of hydrogen-bond acceptors (Lipinski definition) is 3. The summed E-state index contributed by atoms with van der Waals surface area (Å²) in [7, 11) is -0.249. The van der Waals surface area contributed by atoms with Crippen LogP contribution in [0.4, 0.5) is 0 Å². The summed E-state index contributed by atoms with van der Waals surface area (Å²) in [4.78, 5) is 11.9. The third-order valence-corrected chi connectivity index (χ3v) is 4.82. The van der Waals surface area contributed by atoms with Gasteiger partial charge in [0.2, 0.25) is 0 Å². The highest BCUT2D eigenvalue weighted by atomic mass is 28.3. The van der Waals surface area contributed by atoms with Crippen molar-refractivity contribution in [3.8, 4) is 11.1 Å². The highest BCUT2D eigenvalue weighted by Crippen LogP contribution is 2.23. The molecule has 0 saturated heterocycles. The van der Waals surface area contributed by atoms with Crippen molar-refractivity contribution < 1.29 is 9.53 Å². The van der Waals surface area contributed by atoms with Gasteiger partial charge in [-0.1, -0.05) is 50.0 Å². The Labute approximate surface area is 113 Å². The average Bonchev–Trinajstić information content (AvgIpc) is 2.83. The summed E-state index contributed by atoms with van der Waals surface area (Å²) in [6, 6.07) is 9.84. The van der Waals surface area contributed by atoms with Gasteiger partial charge in [-0.3, -0.25) is 5.10 Å². The Bertz CT molecular complexity index is 585. The van der Waals surface area contributed by atoms with Crippen molar-refractivity contribution in [1.29, 1.82) is 0 Å². The predicted octanol–water partition coefficient (Wildman–Crippen LogP) is 2.41. The van der Waals surface area contributed by atoms with Crippen LogP contribution in [0.1, 0.15) is 10.5 Å². The molecule has 4 nitrogen and oxygen atoms in total. The summed E-state index contributed by atoms with van der Waals surface area (Å²) in [5.41, 5.74) is 2.24. The fraction of sp³-hybridized carbons (Fsp3) is 0.286. The number of benzene rings is 1. The van der Waals surface area contributed by atoms with E-state index in [-0.39, 0.29) is 0 Å². The summed E-state index contributed by atoms with van der Waals surface area (Å²) in [5.74, 6) is -0.403. The maximum atomic E-state index is 11.9. The monoisotopic (exact) mass is 274 g/mol. The van der Waals surface area contributed by atoms with Gasteiger partial charge < -0.3 is 4.74 Å². The molecule has 19 heavy (non-hydrogen) atoms. The maximum Gasteiger partial charge on any atom is 0.359 e. The molecule has 2 rings (SSSR count). The number of nitrogens with zero attached hydrogens (tertiary/aromatic N) is 1. The van der Waals surface area contributed by atoms with E-state index in [2.05, 4.69) is 29.8 Å². The Morgan fingerprint density at radius 2 is 1.84 bits per heavy atom. The topological polar surface area (TPSA) is 55.0 Å². The van der Waals surface area contributed by atoms with Gasteiger partial charge in [0.05, 0.1) is 7.11 Å². The molecule has 100 valence electrons. The van der Waals surface area contributed by atoms with Crippen LogP contribution < -0.4 is 5.32 Å². The van der Waals surface area contributed by atoms with Crippen molar-refractivity contribution in [2.24, 2.45) is 0 Å². The maximum absolute atomic E-state index is 11.9. The van der Waals surface area contributed by atoms with Gasteiger partial charge in [0.25, 0.3) is 0 Å². The summed E-state index contributed by atoms with van der Waals surface area (Å²) in [6.07, 6.45) is 0. The Morgan fingerprint density at radius 3 is 2.37 bits per heavy atom. The second-order valence-corrected chi connectivity index (χ2v) is 10.4. The molecule has 5 heteroatoms. The number of aromatic amines is 1. The molecule has 0 aliphatic rings.